The molecule has 0 spiro atoms. The third-order valence-corrected chi connectivity index (χ3v) is 2.44. The van der Waals surface area contributed by atoms with Crippen LogP contribution in [0.4, 0.5) is 4.79 Å². The summed E-state index contributed by atoms with van der Waals surface area (Å²) in [7, 11) is 0. The van der Waals surface area contributed by atoms with Gasteiger partial charge >= 0.3 is 6.03 Å². The first kappa shape index (κ1) is 12.2. The first-order chi connectivity index (χ1) is 7.59. The van der Waals surface area contributed by atoms with Crippen LogP contribution in [0.2, 0.25) is 0 Å². The van der Waals surface area contributed by atoms with Crippen LogP contribution in [-0.2, 0) is 6.42 Å². The highest BCUT2D eigenvalue weighted by Crippen LogP contribution is 2.09. The number of benzene rings is 1. The van der Waals surface area contributed by atoms with Crippen LogP contribution >= 0.6 is 0 Å². The zero-order chi connectivity index (χ0) is 12.0. The summed E-state index contributed by atoms with van der Waals surface area (Å²) in [6.07, 6.45) is 0.899. The minimum absolute atomic E-state index is 0.272. The van der Waals surface area contributed by atoms with Crippen LogP contribution in [0.25, 0.3) is 0 Å². The van der Waals surface area contributed by atoms with Crippen molar-refractivity contribution in [3.63, 3.8) is 0 Å². The molecular formula is C12H17N3O. The van der Waals surface area contributed by atoms with Crippen molar-refractivity contribution in [3.8, 4) is 0 Å². The van der Waals surface area contributed by atoms with Gasteiger partial charge in [0.15, 0.2) is 0 Å². The summed E-state index contributed by atoms with van der Waals surface area (Å²) in [4.78, 5) is 10.5. The highest BCUT2D eigenvalue weighted by molar-refractivity contribution is 5.85. The fourth-order valence-electron chi connectivity index (χ4n) is 1.37. The minimum Gasteiger partial charge on any atom is -0.350 e. The molecule has 1 atom stereocenters. The number of carbonyl (C=O) groups excluding carboxylic acids is 1. The largest absolute Gasteiger partial charge is 0.350 e. The van der Waals surface area contributed by atoms with Crippen molar-refractivity contribution < 1.29 is 4.79 Å². The van der Waals surface area contributed by atoms with Crippen molar-refractivity contribution in [3.05, 3.63) is 35.9 Å². The number of carbonyl (C=O) groups is 1. The molecule has 0 unspecified atom stereocenters. The Balaban J connectivity index is 2.55. The summed E-state index contributed by atoms with van der Waals surface area (Å²) < 4.78 is 0. The van der Waals surface area contributed by atoms with Crippen LogP contribution in [0.15, 0.2) is 35.4 Å². The van der Waals surface area contributed by atoms with E-state index in [2.05, 4.69) is 29.6 Å². The standard InChI is InChI=1S/C12H17N3O/c1-9(10(2)14-15-12(13)16)8-11-6-4-3-5-7-11/h3-7,9H,8H2,1-2H3,(H3,13,15,16)/b14-10+/t9-/m1/s1. The third-order valence-electron chi connectivity index (χ3n) is 2.44. The zero-order valence-electron chi connectivity index (χ0n) is 9.60. The van der Waals surface area contributed by atoms with E-state index in [1.807, 2.05) is 25.1 Å². The summed E-state index contributed by atoms with van der Waals surface area (Å²) in [6, 6.07) is 9.53. The third kappa shape index (κ3) is 4.13. The van der Waals surface area contributed by atoms with Crippen molar-refractivity contribution in [1.29, 1.82) is 0 Å². The van der Waals surface area contributed by atoms with Crippen LogP contribution in [0, 0.1) is 5.92 Å². The lowest BCUT2D eigenvalue weighted by atomic mass is 9.97. The summed E-state index contributed by atoms with van der Waals surface area (Å²) in [5.74, 6) is 0.272. The van der Waals surface area contributed by atoms with Crippen LogP contribution in [0.5, 0.6) is 0 Å². The van der Waals surface area contributed by atoms with Gasteiger partial charge in [-0.3, -0.25) is 0 Å². The molecule has 4 heteroatoms. The number of hydrogen-bond donors (Lipinski definition) is 2. The lowest BCUT2D eigenvalue weighted by Crippen LogP contribution is -2.26. The molecule has 0 aliphatic rings. The number of urea groups is 1. The molecule has 0 bridgehead atoms. The van der Waals surface area contributed by atoms with Gasteiger partial charge < -0.3 is 5.73 Å². The molecule has 0 fully saturated rings. The number of nitrogens with one attached hydrogen (secondary N) is 1. The Bertz CT molecular complexity index is 373. The SMILES string of the molecule is C/C(=N\NC(N)=O)[C@H](C)Cc1ccccc1. The van der Waals surface area contributed by atoms with Gasteiger partial charge in [-0.1, -0.05) is 37.3 Å². The second kappa shape index (κ2) is 5.90. The normalized spacial score (nSPS) is 13.2. The van der Waals surface area contributed by atoms with Gasteiger partial charge in [-0.05, 0) is 24.8 Å². The van der Waals surface area contributed by atoms with E-state index in [0.29, 0.717) is 0 Å². The second-order valence-electron chi connectivity index (χ2n) is 3.82. The number of hydrogen-bond acceptors (Lipinski definition) is 2. The van der Waals surface area contributed by atoms with Gasteiger partial charge in [-0.2, -0.15) is 5.10 Å². The lowest BCUT2D eigenvalue weighted by molar-refractivity contribution is 0.249. The Hall–Kier alpha value is -1.84. The molecule has 0 saturated heterocycles. The van der Waals surface area contributed by atoms with Crippen LogP contribution in [-0.4, -0.2) is 11.7 Å². The number of rotatable bonds is 4. The Morgan fingerprint density at radius 1 is 1.44 bits per heavy atom. The van der Waals surface area contributed by atoms with E-state index in [1.165, 1.54) is 5.56 Å². The van der Waals surface area contributed by atoms with Gasteiger partial charge in [-0.15, -0.1) is 0 Å². The Kier molecular flexibility index (Phi) is 4.51. The number of amides is 2. The van der Waals surface area contributed by atoms with Gasteiger partial charge in [0.1, 0.15) is 0 Å². The summed E-state index contributed by atoms with van der Waals surface area (Å²) in [5.41, 5.74) is 9.29. The Morgan fingerprint density at radius 3 is 2.62 bits per heavy atom. The second-order valence-corrected chi connectivity index (χ2v) is 3.82. The first-order valence-electron chi connectivity index (χ1n) is 5.23. The highest BCUT2D eigenvalue weighted by Gasteiger charge is 2.07. The molecule has 1 aromatic rings. The quantitative estimate of drug-likeness (QED) is 0.589. The molecule has 0 radical (unpaired) electrons. The van der Waals surface area contributed by atoms with Crippen molar-refractivity contribution in [2.75, 3.05) is 0 Å². The van der Waals surface area contributed by atoms with Gasteiger partial charge in [-0.25, -0.2) is 10.2 Å². The van der Waals surface area contributed by atoms with Crippen molar-refractivity contribution in [2.24, 2.45) is 16.8 Å². The van der Waals surface area contributed by atoms with Crippen LogP contribution < -0.4 is 11.2 Å². The minimum atomic E-state index is -0.633. The molecule has 2 amide bonds. The molecule has 0 aliphatic carbocycles. The summed E-state index contributed by atoms with van der Waals surface area (Å²) in [5, 5.41) is 3.91. The molecule has 1 rings (SSSR count). The average Bonchev–Trinajstić information content (AvgIpc) is 2.27. The number of primary amides is 1. The monoisotopic (exact) mass is 219 g/mol. The molecule has 86 valence electrons. The smallest absolute Gasteiger partial charge is 0.332 e. The predicted molar refractivity (Wildman–Crippen MR) is 65.1 cm³/mol. The van der Waals surface area contributed by atoms with Crippen LogP contribution in [0.1, 0.15) is 19.4 Å². The highest BCUT2D eigenvalue weighted by atomic mass is 16.2. The zero-order valence-corrected chi connectivity index (χ0v) is 9.60. The maximum absolute atomic E-state index is 10.5. The molecule has 0 saturated carbocycles. The lowest BCUT2D eigenvalue weighted by Gasteiger charge is -2.10. The molecular weight excluding hydrogens is 202 g/mol. The van der Waals surface area contributed by atoms with E-state index in [1.54, 1.807) is 0 Å². The van der Waals surface area contributed by atoms with Crippen molar-refractivity contribution >= 4 is 11.7 Å². The molecule has 16 heavy (non-hydrogen) atoms. The van der Waals surface area contributed by atoms with E-state index in [9.17, 15) is 4.79 Å². The fraction of sp³-hybridized carbons (Fsp3) is 0.333. The topological polar surface area (TPSA) is 67.5 Å². The van der Waals surface area contributed by atoms with Crippen molar-refractivity contribution in [2.45, 2.75) is 20.3 Å². The van der Waals surface area contributed by atoms with Gasteiger partial charge in [0.05, 0.1) is 0 Å². The van der Waals surface area contributed by atoms with E-state index >= 15 is 0 Å². The van der Waals surface area contributed by atoms with E-state index in [4.69, 9.17) is 5.73 Å². The first-order valence-corrected chi connectivity index (χ1v) is 5.23. The van der Waals surface area contributed by atoms with Gasteiger partial charge in [0.2, 0.25) is 0 Å². The maximum atomic E-state index is 10.5. The maximum Gasteiger partial charge on any atom is 0.332 e. The summed E-state index contributed by atoms with van der Waals surface area (Å²) in [6.45, 7) is 3.94. The van der Waals surface area contributed by atoms with E-state index in [-0.39, 0.29) is 5.92 Å². The average molecular weight is 219 g/mol. The molecule has 1 aromatic carbocycles. The molecule has 0 heterocycles. The predicted octanol–water partition coefficient (Wildman–Crippen LogP) is 1.91. The van der Waals surface area contributed by atoms with Gasteiger partial charge in [0.25, 0.3) is 0 Å². The molecule has 0 aromatic heterocycles. The molecule has 0 aliphatic heterocycles. The Morgan fingerprint density at radius 2 is 2.06 bits per heavy atom. The number of nitrogens with two attached hydrogens (primary N) is 1. The number of hydrazone groups is 1. The van der Waals surface area contributed by atoms with Crippen LogP contribution in [0.3, 0.4) is 0 Å². The molecule has 4 nitrogen and oxygen atoms in total. The Labute approximate surface area is 95.5 Å². The van der Waals surface area contributed by atoms with E-state index in [0.717, 1.165) is 12.1 Å². The van der Waals surface area contributed by atoms with Crippen molar-refractivity contribution in [1.82, 2.24) is 5.43 Å². The van der Waals surface area contributed by atoms with Gasteiger partial charge in [0, 0.05) is 5.71 Å². The fourth-order valence-corrected chi connectivity index (χ4v) is 1.37. The van der Waals surface area contributed by atoms with E-state index < -0.39 is 6.03 Å². The molecule has 3 N–H and O–H groups in total. The number of nitrogens with zero attached hydrogens (tertiary/aromatic N) is 1. The summed E-state index contributed by atoms with van der Waals surface area (Å²) >= 11 is 0.